The minimum absolute atomic E-state index is 0.109. The monoisotopic (exact) mass is 412 g/mol. The minimum Gasteiger partial charge on any atom is -0.329 e. The number of hydrogen-bond acceptors (Lipinski definition) is 6. The third kappa shape index (κ3) is 3.77. The Morgan fingerprint density at radius 3 is 2.53 bits per heavy atom. The van der Waals surface area contributed by atoms with Gasteiger partial charge >= 0.3 is 0 Å². The molecular formula is C22H28N4O4. The zero-order valence-corrected chi connectivity index (χ0v) is 17.0. The molecule has 1 saturated heterocycles. The van der Waals surface area contributed by atoms with Crippen LogP contribution in [0.3, 0.4) is 0 Å². The average Bonchev–Trinajstić information content (AvgIpc) is 3.00. The molecular weight excluding hydrogens is 384 g/mol. The summed E-state index contributed by atoms with van der Waals surface area (Å²) in [5.41, 5.74) is 7.40. The van der Waals surface area contributed by atoms with Crippen LogP contribution in [0.15, 0.2) is 18.2 Å². The van der Waals surface area contributed by atoms with Crippen LogP contribution in [0.2, 0.25) is 0 Å². The summed E-state index contributed by atoms with van der Waals surface area (Å²) < 4.78 is 0. The molecule has 30 heavy (non-hydrogen) atoms. The van der Waals surface area contributed by atoms with E-state index in [0.29, 0.717) is 30.1 Å². The first-order valence-corrected chi connectivity index (χ1v) is 10.8. The van der Waals surface area contributed by atoms with Gasteiger partial charge in [0.1, 0.15) is 6.04 Å². The molecule has 0 radical (unpaired) electrons. The summed E-state index contributed by atoms with van der Waals surface area (Å²) in [5, 5.41) is 5.72. The first-order chi connectivity index (χ1) is 14.5. The Balaban J connectivity index is 1.53. The maximum atomic E-state index is 13.2. The fourth-order valence-electron chi connectivity index (χ4n) is 4.95. The zero-order valence-electron chi connectivity index (χ0n) is 17.0. The van der Waals surface area contributed by atoms with Gasteiger partial charge in [0, 0.05) is 25.6 Å². The summed E-state index contributed by atoms with van der Waals surface area (Å²) >= 11 is 0. The SMILES string of the molecule is NCC(NCc1cccc2c1C(=O)N(C1CCC(=O)NC1=O)C2=O)C1CCCCC1. The van der Waals surface area contributed by atoms with Gasteiger partial charge in [0.15, 0.2) is 0 Å². The number of hydrogen-bond donors (Lipinski definition) is 3. The molecule has 1 saturated carbocycles. The van der Waals surface area contributed by atoms with E-state index in [1.54, 1.807) is 12.1 Å². The number of rotatable bonds is 6. The van der Waals surface area contributed by atoms with Crippen LogP contribution in [0.25, 0.3) is 0 Å². The quantitative estimate of drug-likeness (QED) is 0.601. The van der Waals surface area contributed by atoms with Crippen LogP contribution in [0.5, 0.6) is 0 Å². The molecule has 4 N–H and O–H groups in total. The topological polar surface area (TPSA) is 122 Å². The molecule has 8 nitrogen and oxygen atoms in total. The molecule has 0 bridgehead atoms. The predicted octanol–water partition coefficient (Wildman–Crippen LogP) is 1.08. The molecule has 0 aromatic heterocycles. The van der Waals surface area contributed by atoms with Crippen molar-refractivity contribution >= 4 is 23.6 Å². The zero-order chi connectivity index (χ0) is 21.3. The summed E-state index contributed by atoms with van der Waals surface area (Å²) in [7, 11) is 0. The lowest BCUT2D eigenvalue weighted by Gasteiger charge is -2.30. The van der Waals surface area contributed by atoms with Crippen molar-refractivity contribution in [3.05, 3.63) is 34.9 Å². The first-order valence-electron chi connectivity index (χ1n) is 10.8. The van der Waals surface area contributed by atoms with Crippen molar-refractivity contribution in [2.75, 3.05) is 6.54 Å². The van der Waals surface area contributed by atoms with Crippen molar-refractivity contribution in [3.8, 4) is 0 Å². The van der Waals surface area contributed by atoms with Crippen molar-refractivity contribution in [3.63, 3.8) is 0 Å². The lowest BCUT2D eigenvalue weighted by Crippen LogP contribution is -2.54. The maximum absolute atomic E-state index is 13.2. The fraction of sp³-hybridized carbons (Fsp3) is 0.545. The number of carbonyl (C=O) groups excluding carboxylic acids is 4. The molecule has 8 heteroatoms. The Morgan fingerprint density at radius 2 is 1.83 bits per heavy atom. The number of amides is 4. The molecule has 2 heterocycles. The molecule has 1 aromatic rings. The number of fused-ring (bicyclic) bond motifs is 1. The number of nitrogens with one attached hydrogen (secondary N) is 2. The summed E-state index contributed by atoms with van der Waals surface area (Å²) in [5.74, 6) is -1.40. The Morgan fingerprint density at radius 1 is 1.07 bits per heavy atom. The van der Waals surface area contributed by atoms with Gasteiger partial charge in [-0.25, -0.2) is 0 Å². The van der Waals surface area contributed by atoms with E-state index < -0.39 is 23.8 Å². The molecule has 3 aliphatic rings. The van der Waals surface area contributed by atoms with Gasteiger partial charge in [0.2, 0.25) is 11.8 Å². The van der Waals surface area contributed by atoms with Crippen LogP contribution in [0, 0.1) is 5.92 Å². The smallest absolute Gasteiger partial charge is 0.262 e. The predicted molar refractivity (Wildman–Crippen MR) is 109 cm³/mol. The molecule has 1 aliphatic carbocycles. The normalized spacial score (nSPS) is 23.5. The van der Waals surface area contributed by atoms with Crippen LogP contribution in [-0.2, 0) is 16.1 Å². The van der Waals surface area contributed by atoms with Gasteiger partial charge in [-0.05, 0) is 36.8 Å². The van der Waals surface area contributed by atoms with E-state index in [-0.39, 0.29) is 24.8 Å². The Kier molecular flexibility index (Phi) is 5.97. The fourth-order valence-corrected chi connectivity index (χ4v) is 4.95. The third-order valence-electron chi connectivity index (χ3n) is 6.58. The van der Waals surface area contributed by atoms with Gasteiger partial charge in [-0.15, -0.1) is 0 Å². The van der Waals surface area contributed by atoms with Gasteiger partial charge in [-0.2, -0.15) is 0 Å². The van der Waals surface area contributed by atoms with Crippen LogP contribution in [-0.4, -0.2) is 47.2 Å². The van der Waals surface area contributed by atoms with Crippen molar-refractivity contribution in [2.24, 2.45) is 11.7 Å². The number of piperidine rings is 1. The van der Waals surface area contributed by atoms with Crippen LogP contribution >= 0.6 is 0 Å². The highest BCUT2D eigenvalue weighted by molar-refractivity contribution is 6.24. The second-order valence-electron chi connectivity index (χ2n) is 8.41. The molecule has 2 fully saturated rings. The van der Waals surface area contributed by atoms with Crippen LogP contribution in [0.4, 0.5) is 0 Å². The van der Waals surface area contributed by atoms with E-state index in [0.717, 1.165) is 23.3 Å². The molecule has 2 aliphatic heterocycles. The Bertz CT molecular complexity index is 878. The van der Waals surface area contributed by atoms with Crippen molar-refractivity contribution in [1.29, 1.82) is 0 Å². The Hall–Kier alpha value is -2.58. The molecule has 4 rings (SSSR count). The lowest BCUT2D eigenvalue weighted by molar-refractivity contribution is -0.136. The molecule has 0 spiro atoms. The third-order valence-corrected chi connectivity index (χ3v) is 6.58. The summed E-state index contributed by atoms with van der Waals surface area (Å²) in [4.78, 5) is 50.8. The second-order valence-corrected chi connectivity index (χ2v) is 8.41. The van der Waals surface area contributed by atoms with Crippen LogP contribution < -0.4 is 16.4 Å². The van der Waals surface area contributed by atoms with Gasteiger partial charge in [0.25, 0.3) is 11.8 Å². The average molecular weight is 412 g/mol. The highest BCUT2D eigenvalue weighted by atomic mass is 16.2. The van der Waals surface area contributed by atoms with E-state index in [4.69, 9.17) is 5.73 Å². The van der Waals surface area contributed by atoms with Gasteiger partial charge < -0.3 is 11.1 Å². The van der Waals surface area contributed by atoms with E-state index in [1.807, 2.05) is 6.07 Å². The molecule has 4 amide bonds. The summed E-state index contributed by atoms with van der Waals surface area (Å²) in [6, 6.07) is 4.42. The van der Waals surface area contributed by atoms with E-state index in [2.05, 4.69) is 10.6 Å². The van der Waals surface area contributed by atoms with Crippen molar-refractivity contribution < 1.29 is 19.2 Å². The molecule has 1 aromatic carbocycles. The highest BCUT2D eigenvalue weighted by Gasteiger charge is 2.45. The lowest BCUT2D eigenvalue weighted by atomic mass is 9.84. The Labute approximate surface area is 175 Å². The van der Waals surface area contributed by atoms with E-state index in [1.165, 1.54) is 19.3 Å². The van der Waals surface area contributed by atoms with Crippen molar-refractivity contribution in [2.45, 2.75) is 63.6 Å². The number of nitrogens with two attached hydrogens (primary N) is 1. The largest absolute Gasteiger partial charge is 0.329 e. The molecule has 2 atom stereocenters. The van der Waals surface area contributed by atoms with Gasteiger partial charge in [-0.3, -0.25) is 29.4 Å². The van der Waals surface area contributed by atoms with Crippen molar-refractivity contribution in [1.82, 2.24) is 15.5 Å². The summed E-state index contributed by atoms with van der Waals surface area (Å²) in [6.07, 6.45) is 6.28. The number of imide groups is 2. The molecule has 160 valence electrons. The van der Waals surface area contributed by atoms with Gasteiger partial charge in [0.05, 0.1) is 11.1 Å². The summed E-state index contributed by atoms with van der Waals surface area (Å²) in [6.45, 7) is 0.957. The van der Waals surface area contributed by atoms with Gasteiger partial charge in [-0.1, -0.05) is 31.4 Å². The number of benzene rings is 1. The standard InChI is InChI=1S/C22H28N4O4/c23-11-16(13-5-2-1-3-6-13)24-12-14-7-4-8-15-19(14)22(30)26(21(15)29)17-9-10-18(27)25-20(17)28/h4,7-8,13,16-17,24H,1-3,5-6,9-12,23H2,(H,25,27,28). The maximum Gasteiger partial charge on any atom is 0.262 e. The van der Waals surface area contributed by atoms with E-state index in [9.17, 15) is 19.2 Å². The number of carbonyl (C=O) groups is 4. The highest BCUT2D eigenvalue weighted by Crippen LogP contribution is 2.31. The number of nitrogens with zero attached hydrogens (tertiary/aromatic N) is 1. The minimum atomic E-state index is -0.949. The molecule has 2 unspecified atom stereocenters. The van der Waals surface area contributed by atoms with E-state index >= 15 is 0 Å². The van der Waals surface area contributed by atoms with Crippen LogP contribution in [0.1, 0.15) is 71.2 Å². The second kappa shape index (κ2) is 8.65. The first kappa shape index (κ1) is 20.7.